The predicted octanol–water partition coefficient (Wildman–Crippen LogP) is 0.779. The number of halogens is 1. The number of carbonyl (C=O) groups excluding carboxylic acids is 2. The Bertz CT molecular complexity index is 1320. The van der Waals surface area contributed by atoms with Gasteiger partial charge >= 0.3 is 0 Å². The Labute approximate surface area is 232 Å². The van der Waals surface area contributed by atoms with Crippen molar-refractivity contribution < 1.29 is 23.5 Å². The number of benzene rings is 1. The van der Waals surface area contributed by atoms with Crippen molar-refractivity contribution in [1.29, 1.82) is 0 Å². The number of pyridine rings is 1. The zero-order chi connectivity index (χ0) is 28.6. The lowest BCUT2D eigenvalue weighted by molar-refractivity contribution is -0.135. The molecule has 1 aromatic carbocycles. The summed E-state index contributed by atoms with van der Waals surface area (Å²) in [7, 11) is 0. The average Bonchev–Trinajstić information content (AvgIpc) is 3.17. The van der Waals surface area contributed by atoms with E-state index in [-0.39, 0.29) is 30.3 Å². The smallest absolute Gasteiger partial charge is 0.291 e. The second-order valence-electron chi connectivity index (χ2n) is 11.6. The highest BCUT2D eigenvalue weighted by molar-refractivity contribution is 5.97. The molecule has 12 heteroatoms. The Kier molecular flexibility index (Phi) is 7.96. The van der Waals surface area contributed by atoms with Crippen molar-refractivity contribution in [3.05, 3.63) is 52.2 Å². The Morgan fingerprint density at radius 1 is 1.23 bits per heavy atom. The van der Waals surface area contributed by atoms with Crippen LogP contribution in [0.3, 0.4) is 0 Å². The molecule has 0 aliphatic carbocycles. The summed E-state index contributed by atoms with van der Waals surface area (Å²) in [6.07, 6.45) is -0.629. The van der Waals surface area contributed by atoms with Crippen LogP contribution in [0.25, 0.3) is 0 Å². The molecule has 2 fully saturated rings. The summed E-state index contributed by atoms with van der Waals surface area (Å²) in [5.41, 5.74) is 5.86. The molecule has 0 bridgehead atoms. The number of piperazine rings is 1. The number of aromatic amines is 1. The predicted molar refractivity (Wildman–Crippen MR) is 147 cm³/mol. The molecule has 0 spiro atoms. The van der Waals surface area contributed by atoms with Gasteiger partial charge < -0.3 is 30.4 Å². The number of primary amides is 1. The van der Waals surface area contributed by atoms with Gasteiger partial charge in [-0.05, 0) is 31.2 Å². The van der Waals surface area contributed by atoms with E-state index in [1.54, 1.807) is 11.0 Å². The van der Waals surface area contributed by atoms with E-state index in [4.69, 9.17) is 15.2 Å². The minimum atomic E-state index is -0.629. The van der Waals surface area contributed by atoms with Gasteiger partial charge in [-0.3, -0.25) is 24.2 Å². The van der Waals surface area contributed by atoms with Gasteiger partial charge in [-0.25, -0.2) is 4.39 Å². The summed E-state index contributed by atoms with van der Waals surface area (Å²) >= 11 is 0. The highest BCUT2D eigenvalue weighted by atomic mass is 19.1. The van der Waals surface area contributed by atoms with Crippen LogP contribution in [-0.2, 0) is 19.7 Å². The summed E-state index contributed by atoms with van der Waals surface area (Å²) in [6.45, 7) is 10.3. The third-order valence-electron chi connectivity index (χ3n) is 7.85. The molecule has 3 aliphatic rings. The maximum absolute atomic E-state index is 13.8. The summed E-state index contributed by atoms with van der Waals surface area (Å²) < 4.78 is 24.6. The van der Waals surface area contributed by atoms with Crippen molar-refractivity contribution in [2.45, 2.75) is 44.4 Å². The number of morpholine rings is 1. The molecule has 4 heterocycles. The Balaban J connectivity index is 1.34. The number of nitrogens with zero attached hydrogens (tertiary/aromatic N) is 3. The van der Waals surface area contributed by atoms with Crippen LogP contribution in [0.2, 0.25) is 0 Å². The number of carbonyl (C=O) groups is 2. The van der Waals surface area contributed by atoms with Crippen molar-refractivity contribution in [1.82, 2.24) is 20.1 Å². The molecule has 2 saturated heterocycles. The van der Waals surface area contributed by atoms with Gasteiger partial charge in [0.1, 0.15) is 17.7 Å². The molecule has 4 N–H and O–H groups in total. The van der Waals surface area contributed by atoms with E-state index >= 15 is 0 Å². The monoisotopic (exact) mass is 556 g/mol. The van der Waals surface area contributed by atoms with Crippen molar-refractivity contribution >= 4 is 17.5 Å². The second kappa shape index (κ2) is 11.3. The molecule has 40 heavy (non-hydrogen) atoms. The minimum absolute atomic E-state index is 0.0332. The van der Waals surface area contributed by atoms with Gasteiger partial charge in [-0.15, -0.1) is 0 Å². The van der Waals surface area contributed by atoms with Gasteiger partial charge in [-0.2, -0.15) is 0 Å². The maximum atomic E-state index is 13.8. The number of ether oxygens (including phenoxy) is 2. The molecule has 5 rings (SSSR count). The summed E-state index contributed by atoms with van der Waals surface area (Å²) in [6, 6.07) is 7.26. The van der Waals surface area contributed by atoms with Gasteiger partial charge in [0.15, 0.2) is 5.75 Å². The Morgan fingerprint density at radius 2 is 1.98 bits per heavy atom. The number of fused-ring (bicyclic) bond motifs is 1. The van der Waals surface area contributed by atoms with Crippen molar-refractivity contribution in [2.75, 3.05) is 57.3 Å². The molecule has 3 atom stereocenters. The SMILES string of the molecule is C[C@@H]1CN(CC(=O)N2CC(C)(C)c3[nH]c(=O)c(Oc4ccc(F)cc4)cc32)[C@@H](CN2CCOC(C(N)=O)C2)CN1. The minimum Gasteiger partial charge on any atom is -0.451 e. The van der Waals surface area contributed by atoms with Crippen LogP contribution < -0.4 is 26.2 Å². The lowest BCUT2D eigenvalue weighted by atomic mass is 9.91. The molecule has 3 aliphatic heterocycles. The highest BCUT2D eigenvalue weighted by Crippen LogP contribution is 2.40. The van der Waals surface area contributed by atoms with Crippen molar-refractivity contribution in [3.8, 4) is 11.5 Å². The van der Waals surface area contributed by atoms with Crippen LogP contribution in [0.5, 0.6) is 11.5 Å². The first-order valence-corrected chi connectivity index (χ1v) is 13.6. The average molecular weight is 557 g/mol. The zero-order valence-corrected chi connectivity index (χ0v) is 23.1. The zero-order valence-electron chi connectivity index (χ0n) is 23.1. The summed E-state index contributed by atoms with van der Waals surface area (Å²) in [4.78, 5) is 47.3. The third-order valence-corrected chi connectivity index (χ3v) is 7.85. The molecule has 0 saturated carbocycles. The molecule has 2 aromatic rings. The number of nitrogens with one attached hydrogen (secondary N) is 2. The van der Waals surface area contributed by atoms with Crippen LogP contribution in [0.1, 0.15) is 26.5 Å². The molecule has 0 radical (unpaired) electrons. The van der Waals surface area contributed by atoms with Crippen LogP contribution in [-0.4, -0.2) is 97.2 Å². The second-order valence-corrected chi connectivity index (χ2v) is 11.6. The normalized spacial score (nSPS) is 25.0. The fourth-order valence-electron chi connectivity index (χ4n) is 5.72. The molecular formula is C28H37FN6O5. The van der Waals surface area contributed by atoms with E-state index in [1.807, 2.05) is 13.8 Å². The molecule has 216 valence electrons. The van der Waals surface area contributed by atoms with Gasteiger partial charge in [0.2, 0.25) is 11.8 Å². The summed E-state index contributed by atoms with van der Waals surface area (Å²) in [5.74, 6) is -0.603. The van der Waals surface area contributed by atoms with E-state index in [2.05, 4.69) is 27.0 Å². The largest absolute Gasteiger partial charge is 0.451 e. The fraction of sp³-hybridized carbons (Fsp3) is 0.536. The van der Waals surface area contributed by atoms with E-state index in [1.165, 1.54) is 24.3 Å². The van der Waals surface area contributed by atoms with Gasteiger partial charge in [-0.1, -0.05) is 13.8 Å². The number of amides is 2. The molecule has 1 unspecified atom stereocenters. The van der Waals surface area contributed by atoms with Crippen molar-refractivity contribution in [2.24, 2.45) is 5.73 Å². The van der Waals surface area contributed by atoms with Crippen LogP contribution in [0.15, 0.2) is 35.1 Å². The maximum Gasteiger partial charge on any atom is 0.291 e. The third kappa shape index (κ3) is 6.04. The first-order chi connectivity index (χ1) is 19.0. The molecular weight excluding hydrogens is 519 g/mol. The van der Waals surface area contributed by atoms with Crippen LogP contribution in [0, 0.1) is 5.82 Å². The Hall–Kier alpha value is -3.32. The number of anilines is 1. The quantitative estimate of drug-likeness (QED) is 0.456. The summed E-state index contributed by atoms with van der Waals surface area (Å²) in [5, 5.41) is 3.50. The van der Waals surface area contributed by atoms with E-state index < -0.39 is 28.8 Å². The number of hydrogen-bond acceptors (Lipinski definition) is 8. The van der Waals surface area contributed by atoms with E-state index in [0.717, 1.165) is 0 Å². The van der Waals surface area contributed by atoms with E-state index in [0.29, 0.717) is 63.0 Å². The first kappa shape index (κ1) is 28.2. The van der Waals surface area contributed by atoms with Crippen molar-refractivity contribution in [3.63, 3.8) is 0 Å². The van der Waals surface area contributed by atoms with Gasteiger partial charge in [0, 0.05) is 68.5 Å². The highest BCUT2D eigenvalue weighted by Gasteiger charge is 2.41. The molecule has 2 amide bonds. The van der Waals surface area contributed by atoms with Crippen LogP contribution >= 0.6 is 0 Å². The first-order valence-electron chi connectivity index (χ1n) is 13.6. The van der Waals surface area contributed by atoms with Gasteiger partial charge in [0.25, 0.3) is 5.56 Å². The number of hydrogen-bond donors (Lipinski definition) is 3. The number of H-pyrrole nitrogens is 1. The Morgan fingerprint density at radius 3 is 2.70 bits per heavy atom. The number of aromatic nitrogens is 1. The van der Waals surface area contributed by atoms with Gasteiger partial charge in [0.05, 0.1) is 18.8 Å². The molecule has 11 nitrogen and oxygen atoms in total. The molecule has 1 aromatic heterocycles. The number of rotatable bonds is 7. The number of nitrogens with two attached hydrogens (primary N) is 1. The lowest BCUT2D eigenvalue weighted by Crippen LogP contribution is -2.62. The topological polar surface area (TPSA) is 133 Å². The van der Waals surface area contributed by atoms with Crippen LogP contribution in [0.4, 0.5) is 10.1 Å². The lowest BCUT2D eigenvalue weighted by Gasteiger charge is -2.43. The fourth-order valence-corrected chi connectivity index (χ4v) is 5.72. The van der Waals surface area contributed by atoms with E-state index in [9.17, 15) is 18.8 Å². The standard InChI is InChI=1S/C28H37FN6O5/c1-17-12-34(19(11-31-17)13-33-8-9-39-23(14-33)26(30)37)15-24(36)35-16-28(2,3)25-21(35)10-22(27(38)32-25)40-20-6-4-18(29)5-7-20/h4-7,10,17,19,23,31H,8-9,11-16H2,1-3H3,(H2,30,37)(H,32,38)/t17-,19-,23?/m1/s1.